The van der Waals surface area contributed by atoms with E-state index in [1.54, 1.807) is 0 Å². The highest BCUT2D eigenvalue weighted by molar-refractivity contribution is 9.10. The smallest absolute Gasteiger partial charge is 0.303 e. The second-order valence-electron chi connectivity index (χ2n) is 6.39. The Balaban J connectivity index is 2.11. The molecule has 13 nitrogen and oxygen atoms in total. The highest BCUT2D eigenvalue weighted by atomic mass is 79.9. The summed E-state index contributed by atoms with van der Waals surface area (Å²) < 4.78 is 23.0. The van der Waals surface area contributed by atoms with Crippen molar-refractivity contribution in [2.75, 3.05) is 12.3 Å². The third-order valence-corrected chi connectivity index (χ3v) is 4.68. The first-order valence-electron chi connectivity index (χ1n) is 8.65. The largest absolute Gasteiger partial charge is 0.463 e. The van der Waals surface area contributed by atoms with Crippen molar-refractivity contribution in [2.24, 2.45) is 0 Å². The monoisotopic (exact) mass is 487 g/mol. The van der Waals surface area contributed by atoms with Gasteiger partial charge in [-0.3, -0.25) is 28.7 Å². The molecule has 1 saturated heterocycles. The molecule has 3 rings (SSSR count). The van der Waals surface area contributed by atoms with Crippen LogP contribution in [0.25, 0.3) is 11.2 Å². The minimum absolute atomic E-state index is 0.0417. The van der Waals surface area contributed by atoms with Gasteiger partial charge in [-0.1, -0.05) is 0 Å². The van der Waals surface area contributed by atoms with Gasteiger partial charge in [-0.25, -0.2) is 4.98 Å². The molecule has 2 aromatic heterocycles. The Morgan fingerprint density at radius 2 is 1.77 bits per heavy atom. The number of halogens is 1. The Labute approximate surface area is 177 Å². The van der Waals surface area contributed by atoms with Crippen molar-refractivity contribution >= 4 is 51.0 Å². The number of carbonyl (C=O) groups is 3. The fraction of sp³-hybridized carbons (Fsp3) is 0.500. The zero-order valence-corrected chi connectivity index (χ0v) is 17.7. The number of rotatable bonds is 5. The lowest BCUT2D eigenvalue weighted by molar-refractivity contribution is -0.166. The minimum Gasteiger partial charge on any atom is -0.463 e. The van der Waals surface area contributed by atoms with Gasteiger partial charge >= 0.3 is 17.9 Å². The molecule has 3 heterocycles. The van der Waals surface area contributed by atoms with Gasteiger partial charge in [0.1, 0.15) is 12.7 Å². The third kappa shape index (κ3) is 4.28. The molecule has 0 bridgehead atoms. The molecule has 1 fully saturated rings. The average molecular weight is 488 g/mol. The lowest BCUT2D eigenvalue weighted by atomic mass is 10.1. The molecule has 1 aliphatic heterocycles. The normalized spacial score (nSPS) is 23.3. The molecule has 0 radical (unpaired) electrons. The molecule has 0 unspecified atom stereocenters. The summed E-state index contributed by atoms with van der Waals surface area (Å²) in [6.07, 6.45) is -4.38. The first-order valence-corrected chi connectivity index (χ1v) is 9.44. The van der Waals surface area contributed by atoms with Gasteiger partial charge in [-0.2, -0.15) is 4.98 Å². The maximum atomic E-state index is 12.2. The van der Waals surface area contributed by atoms with Gasteiger partial charge in [0, 0.05) is 20.8 Å². The van der Waals surface area contributed by atoms with Crippen LogP contribution in [0.1, 0.15) is 27.0 Å². The van der Waals surface area contributed by atoms with Crippen LogP contribution >= 0.6 is 15.9 Å². The number of aromatic nitrogens is 4. The van der Waals surface area contributed by atoms with Crippen molar-refractivity contribution in [3.63, 3.8) is 0 Å². The number of ether oxygens (including phenoxy) is 4. The van der Waals surface area contributed by atoms with Crippen LogP contribution < -0.4 is 11.3 Å². The molecule has 0 amide bonds. The van der Waals surface area contributed by atoms with E-state index >= 15 is 0 Å². The van der Waals surface area contributed by atoms with Gasteiger partial charge in [-0.05, 0) is 15.9 Å². The molecule has 0 aromatic carbocycles. The van der Waals surface area contributed by atoms with E-state index in [2.05, 4.69) is 30.9 Å². The number of nitrogens with one attached hydrogen (secondary N) is 1. The van der Waals surface area contributed by atoms with Crippen LogP contribution in [-0.4, -0.2) is 62.3 Å². The van der Waals surface area contributed by atoms with Crippen molar-refractivity contribution in [3.05, 3.63) is 15.1 Å². The van der Waals surface area contributed by atoms with Gasteiger partial charge in [-0.15, -0.1) is 0 Å². The maximum Gasteiger partial charge on any atom is 0.303 e. The summed E-state index contributed by atoms with van der Waals surface area (Å²) in [6.45, 7) is 3.27. The molecular formula is C16H18BrN5O8. The summed E-state index contributed by atoms with van der Waals surface area (Å²) in [5.74, 6) is -2.09. The fourth-order valence-electron chi connectivity index (χ4n) is 3.10. The summed E-state index contributed by atoms with van der Waals surface area (Å²) in [5.41, 5.74) is 5.05. The van der Waals surface area contributed by atoms with Gasteiger partial charge < -0.3 is 24.7 Å². The first kappa shape index (κ1) is 21.7. The fourth-order valence-corrected chi connectivity index (χ4v) is 3.65. The van der Waals surface area contributed by atoms with Crippen LogP contribution in [0.4, 0.5) is 5.95 Å². The predicted octanol–water partition coefficient (Wildman–Crippen LogP) is -0.212. The minimum atomic E-state index is -1.16. The predicted molar refractivity (Wildman–Crippen MR) is 102 cm³/mol. The van der Waals surface area contributed by atoms with Crippen molar-refractivity contribution in [1.82, 2.24) is 19.5 Å². The van der Waals surface area contributed by atoms with E-state index in [0.717, 1.165) is 0 Å². The number of nitrogens with zero attached hydrogens (tertiary/aromatic N) is 3. The van der Waals surface area contributed by atoms with Gasteiger partial charge in [0.2, 0.25) is 5.95 Å². The van der Waals surface area contributed by atoms with E-state index in [1.165, 1.54) is 25.3 Å². The summed E-state index contributed by atoms with van der Waals surface area (Å²) >= 11 is 3.23. The number of esters is 3. The highest BCUT2D eigenvalue weighted by Crippen LogP contribution is 2.37. The molecule has 14 heteroatoms. The van der Waals surface area contributed by atoms with E-state index in [9.17, 15) is 19.2 Å². The topological polar surface area (TPSA) is 178 Å². The van der Waals surface area contributed by atoms with Crippen LogP contribution in [0.3, 0.4) is 0 Å². The van der Waals surface area contributed by atoms with Crippen molar-refractivity contribution in [1.29, 1.82) is 0 Å². The molecule has 30 heavy (non-hydrogen) atoms. The Hall–Kier alpha value is -3.00. The summed E-state index contributed by atoms with van der Waals surface area (Å²) in [4.78, 5) is 57.3. The van der Waals surface area contributed by atoms with Crippen LogP contribution in [-0.2, 0) is 33.3 Å². The number of imidazole rings is 1. The van der Waals surface area contributed by atoms with Gasteiger partial charge in [0.05, 0.1) is 0 Å². The molecule has 1 aliphatic rings. The summed E-state index contributed by atoms with van der Waals surface area (Å²) in [6, 6.07) is 0. The molecule has 162 valence electrons. The molecule has 3 N–H and O–H groups in total. The Morgan fingerprint density at radius 1 is 1.13 bits per heavy atom. The lowest BCUT2D eigenvalue weighted by Gasteiger charge is -2.24. The molecule has 4 atom stereocenters. The first-order chi connectivity index (χ1) is 14.1. The molecule has 0 saturated carbocycles. The van der Waals surface area contributed by atoms with E-state index in [4.69, 9.17) is 24.7 Å². The zero-order valence-electron chi connectivity index (χ0n) is 16.1. The van der Waals surface area contributed by atoms with Crippen molar-refractivity contribution in [3.8, 4) is 0 Å². The molecule has 0 spiro atoms. The number of H-pyrrole nitrogens is 1. The second kappa shape index (κ2) is 8.39. The Morgan fingerprint density at radius 3 is 2.37 bits per heavy atom. The second-order valence-corrected chi connectivity index (χ2v) is 7.10. The standard InChI is InChI=1S/C16H18BrN5O8/c1-5(23)27-4-8-10(28-6(2)24)11(29-7(3)25)14(30-8)22-12-9(19-15(22)17)13(26)21-16(18)20-12/h8,10-11,14H,4H2,1-3H3,(H3,18,20,21,26)/t8-,10+,11-,14+/m0/s1. The average Bonchev–Trinajstić information content (AvgIpc) is 3.10. The van der Waals surface area contributed by atoms with Crippen LogP contribution in [0.2, 0.25) is 0 Å². The number of hydrogen-bond acceptors (Lipinski definition) is 11. The Kier molecular flexibility index (Phi) is 6.07. The summed E-state index contributed by atoms with van der Waals surface area (Å²) in [7, 11) is 0. The van der Waals surface area contributed by atoms with Crippen LogP contribution in [0, 0.1) is 0 Å². The number of aromatic amines is 1. The van der Waals surface area contributed by atoms with Crippen molar-refractivity contribution in [2.45, 2.75) is 45.3 Å². The van der Waals surface area contributed by atoms with Gasteiger partial charge in [0.15, 0.2) is 34.3 Å². The van der Waals surface area contributed by atoms with E-state index in [-0.39, 0.29) is 28.5 Å². The molecular weight excluding hydrogens is 470 g/mol. The lowest BCUT2D eigenvalue weighted by Crippen LogP contribution is -2.40. The van der Waals surface area contributed by atoms with E-state index in [0.29, 0.717) is 0 Å². The van der Waals surface area contributed by atoms with E-state index < -0.39 is 48.0 Å². The number of nitrogen functional groups attached to an aromatic ring is 1. The number of nitrogens with two attached hydrogens (primary N) is 1. The number of carbonyl (C=O) groups excluding carboxylic acids is 3. The molecule has 2 aromatic rings. The zero-order chi connectivity index (χ0) is 22.2. The quantitative estimate of drug-likeness (QED) is 0.323. The van der Waals surface area contributed by atoms with Crippen LogP contribution in [0.15, 0.2) is 9.53 Å². The van der Waals surface area contributed by atoms with Gasteiger partial charge in [0.25, 0.3) is 5.56 Å². The third-order valence-electron chi connectivity index (χ3n) is 4.12. The number of fused-ring (bicyclic) bond motifs is 1. The Bertz CT molecular complexity index is 1070. The number of anilines is 1. The van der Waals surface area contributed by atoms with E-state index in [1.807, 2.05) is 0 Å². The maximum absolute atomic E-state index is 12.2. The number of hydrogen-bond donors (Lipinski definition) is 2. The van der Waals surface area contributed by atoms with Crippen LogP contribution in [0.5, 0.6) is 0 Å². The highest BCUT2D eigenvalue weighted by Gasteiger charge is 2.51. The molecule has 0 aliphatic carbocycles. The van der Waals surface area contributed by atoms with Crippen molar-refractivity contribution < 1.29 is 33.3 Å². The SMILES string of the molecule is CC(=O)OC[C@@H]1O[C@@H](n2c(Br)nc3c(=O)[nH]c(N)nc32)[C@@H](OC(C)=O)[C@@H]1OC(C)=O. The summed E-state index contributed by atoms with van der Waals surface area (Å²) in [5, 5.41) is 0.